The van der Waals surface area contributed by atoms with Crippen LogP contribution < -0.4 is 0 Å². The normalized spacial score (nSPS) is 23.3. The molecule has 1 heterocycles. The Bertz CT molecular complexity index is 457. The van der Waals surface area contributed by atoms with E-state index in [2.05, 4.69) is 23.0 Å². The van der Waals surface area contributed by atoms with Crippen molar-refractivity contribution in [1.82, 2.24) is 9.78 Å². The number of nitriles is 1. The second-order valence-electron chi connectivity index (χ2n) is 6.35. The van der Waals surface area contributed by atoms with Gasteiger partial charge in [-0.15, -0.1) is 0 Å². The zero-order valence-corrected chi connectivity index (χ0v) is 11.6. The molecule has 0 N–H and O–H groups in total. The fourth-order valence-electron chi connectivity index (χ4n) is 3.75. The molecule has 1 aromatic rings. The van der Waals surface area contributed by atoms with Crippen molar-refractivity contribution in [3.05, 3.63) is 18.0 Å². The smallest absolute Gasteiger partial charge is 0.0693 e. The highest BCUT2D eigenvalue weighted by molar-refractivity contribution is 5.11. The van der Waals surface area contributed by atoms with Gasteiger partial charge in [-0.1, -0.05) is 32.1 Å². The second-order valence-corrected chi connectivity index (χ2v) is 6.35. The standard InChI is InChI=1S/C16H23N3/c17-13-16(9-4-1-5-10-16)12-14-8-11-19(18-14)15-6-2-3-7-15/h8,11,15H,1-7,9-10,12H2. The SMILES string of the molecule is N#CC1(Cc2ccn(C3CCCC3)n2)CCCCC1. The molecule has 0 spiro atoms. The third-order valence-corrected chi connectivity index (χ3v) is 4.93. The maximum absolute atomic E-state index is 9.54. The number of aromatic nitrogens is 2. The van der Waals surface area contributed by atoms with Crippen LogP contribution in [0.2, 0.25) is 0 Å². The lowest BCUT2D eigenvalue weighted by Gasteiger charge is -2.29. The Hall–Kier alpha value is -1.30. The molecule has 0 amide bonds. The fraction of sp³-hybridized carbons (Fsp3) is 0.750. The highest BCUT2D eigenvalue weighted by atomic mass is 15.3. The first kappa shape index (κ1) is 12.7. The molecule has 3 nitrogen and oxygen atoms in total. The van der Waals surface area contributed by atoms with Crippen molar-refractivity contribution in [2.24, 2.45) is 5.41 Å². The van der Waals surface area contributed by atoms with Gasteiger partial charge in [0.1, 0.15) is 0 Å². The van der Waals surface area contributed by atoms with Crippen molar-refractivity contribution in [2.75, 3.05) is 0 Å². The van der Waals surface area contributed by atoms with Crippen LogP contribution in [0.25, 0.3) is 0 Å². The second kappa shape index (κ2) is 5.36. The van der Waals surface area contributed by atoms with E-state index in [4.69, 9.17) is 5.10 Å². The molecular formula is C16H23N3. The first-order valence-electron chi connectivity index (χ1n) is 7.77. The monoisotopic (exact) mass is 257 g/mol. The van der Waals surface area contributed by atoms with Gasteiger partial charge in [-0.2, -0.15) is 10.4 Å². The molecule has 0 atom stereocenters. The third kappa shape index (κ3) is 2.68. The molecule has 2 aliphatic rings. The summed E-state index contributed by atoms with van der Waals surface area (Å²) in [7, 11) is 0. The molecule has 0 radical (unpaired) electrons. The van der Waals surface area contributed by atoms with Crippen LogP contribution in [0.4, 0.5) is 0 Å². The minimum absolute atomic E-state index is 0.132. The largest absolute Gasteiger partial charge is 0.269 e. The molecule has 0 aliphatic heterocycles. The lowest BCUT2D eigenvalue weighted by Crippen LogP contribution is -2.25. The highest BCUT2D eigenvalue weighted by Crippen LogP contribution is 2.38. The molecule has 0 bridgehead atoms. The van der Waals surface area contributed by atoms with Gasteiger partial charge in [0.2, 0.25) is 0 Å². The molecule has 2 aliphatic carbocycles. The molecule has 3 rings (SSSR count). The van der Waals surface area contributed by atoms with Crippen molar-refractivity contribution >= 4 is 0 Å². The van der Waals surface area contributed by atoms with Gasteiger partial charge in [-0.3, -0.25) is 4.68 Å². The zero-order chi connectivity index (χ0) is 13.1. The third-order valence-electron chi connectivity index (χ3n) is 4.93. The van der Waals surface area contributed by atoms with E-state index in [1.807, 2.05) is 0 Å². The Morgan fingerprint density at radius 3 is 2.63 bits per heavy atom. The Labute approximate surface area is 115 Å². The van der Waals surface area contributed by atoms with Crippen LogP contribution >= 0.6 is 0 Å². The van der Waals surface area contributed by atoms with E-state index in [1.165, 1.54) is 44.9 Å². The van der Waals surface area contributed by atoms with Crippen LogP contribution in [0.5, 0.6) is 0 Å². The highest BCUT2D eigenvalue weighted by Gasteiger charge is 2.33. The van der Waals surface area contributed by atoms with Gasteiger partial charge < -0.3 is 0 Å². The topological polar surface area (TPSA) is 41.6 Å². The average molecular weight is 257 g/mol. The molecule has 0 unspecified atom stereocenters. The van der Waals surface area contributed by atoms with Crippen molar-refractivity contribution < 1.29 is 0 Å². The molecule has 102 valence electrons. The molecule has 19 heavy (non-hydrogen) atoms. The fourth-order valence-corrected chi connectivity index (χ4v) is 3.75. The summed E-state index contributed by atoms with van der Waals surface area (Å²) in [6.45, 7) is 0. The quantitative estimate of drug-likeness (QED) is 0.820. The number of hydrogen-bond donors (Lipinski definition) is 0. The summed E-state index contributed by atoms with van der Waals surface area (Å²) < 4.78 is 2.15. The van der Waals surface area contributed by atoms with E-state index in [0.29, 0.717) is 6.04 Å². The van der Waals surface area contributed by atoms with Crippen LogP contribution in [0, 0.1) is 16.7 Å². The van der Waals surface area contributed by atoms with Crippen LogP contribution in [0.3, 0.4) is 0 Å². The lowest BCUT2D eigenvalue weighted by molar-refractivity contribution is 0.262. The van der Waals surface area contributed by atoms with Gasteiger partial charge in [0.25, 0.3) is 0 Å². The van der Waals surface area contributed by atoms with E-state index >= 15 is 0 Å². The summed E-state index contributed by atoms with van der Waals surface area (Å²) in [4.78, 5) is 0. The maximum Gasteiger partial charge on any atom is 0.0693 e. The van der Waals surface area contributed by atoms with Crippen molar-refractivity contribution in [1.29, 1.82) is 5.26 Å². The summed E-state index contributed by atoms with van der Waals surface area (Å²) in [5, 5.41) is 14.3. The van der Waals surface area contributed by atoms with Gasteiger partial charge in [0, 0.05) is 12.6 Å². The van der Waals surface area contributed by atoms with E-state index in [9.17, 15) is 5.26 Å². The predicted octanol–water partition coefficient (Wildman–Crippen LogP) is 4.01. The predicted molar refractivity (Wildman–Crippen MR) is 74.6 cm³/mol. The van der Waals surface area contributed by atoms with Crippen LogP contribution in [0.1, 0.15) is 69.5 Å². The summed E-state index contributed by atoms with van der Waals surface area (Å²) in [5.74, 6) is 0. The van der Waals surface area contributed by atoms with Gasteiger partial charge in [0.05, 0.1) is 23.2 Å². The first-order chi connectivity index (χ1) is 9.31. The summed E-state index contributed by atoms with van der Waals surface area (Å²) in [5.41, 5.74) is 0.989. The first-order valence-corrected chi connectivity index (χ1v) is 7.77. The lowest BCUT2D eigenvalue weighted by atomic mass is 9.72. The Balaban J connectivity index is 1.70. The van der Waals surface area contributed by atoms with E-state index in [-0.39, 0.29) is 5.41 Å². The van der Waals surface area contributed by atoms with Crippen LogP contribution in [0.15, 0.2) is 12.3 Å². The molecule has 0 aromatic carbocycles. The minimum atomic E-state index is -0.132. The molecule has 2 saturated carbocycles. The van der Waals surface area contributed by atoms with Gasteiger partial charge in [0.15, 0.2) is 0 Å². The van der Waals surface area contributed by atoms with E-state index in [0.717, 1.165) is 25.0 Å². The minimum Gasteiger partial charge on any atom is -0.269 e. The number of rotatable bonds is 3. The molecule has 2 fully saturated rings. The zero-order valence-electron chi connectivity index (χ0n) is 11.6. The number of nitrogens with zero attached hydrogens (tertiary/aromatic N) is 3. The molecular weight excluding hydrogens is 234 g/mol. The van der Waals surface area contributed by atoms with E-state index in [1.54, 1.807) is 0 Å². The van der Waals surface area contributed by atoms with Gasteiger partial charge in [-0.05, 0) is 31.7 Å². The van der Waals surface area contributed by atoms with E-state index < -0.39 is 0 Å². The Kier molecular flexibility index (Phi) is 3.59. The summed E-state index contributed by atoms with van der Waals surface area (Å²) >= 11 is 0. The van der Waals surface area contributed by atoms with Crippen molar-refractivity contribution in [2.45, 2.75) is 70.3 Å². The van der Waals surface area contributed by atoms with Crippen LogP contribution in [-0.4, -0.2) is 9.78 Å². The maximum atomic E-state index is 9.54. The molecule has 0 saturated heterocycles. The summed E-state index contributed by atoms with van der Waals surface area (Å²) in [6.07, 6.45) is 14.0. The molecule has 3 heteroatoms. The number of hydrogen-bond acceptors (Lipinski definition) is 2. The Morgan fingerprint density at radius 1 is 1.21 bits per heavy atom. The van der Waals surface area contributed by atoms with Crippen molar-refractivity contribution in [3.63, 3.8) is 0 Å². The molecule has 1 aromatic heterocycles. The van der Waals surface area contributed by atoms with Gasteiger partial charge in [-0.25, -0.2) is 0 Å². The van der Waals surface area contributed by atoms with Crippen LogP contribution in [-0.2, 0) is 6.42 Å². The van der Waals surface area contributed by atoms with Gasteiger partial charge >= 0.3 is 0 Å². The van der Waals surface area contributed by atoms with Crippen molar-refractivity contribution in [3.8, 4) is 6.07 Å². The Morgan fingerprint density at radius 2 is 1.95 bits per heavy atom. The average Bonchev–Trinajstić information content (AvgIpc) is 3.10. The summed E-state index contributed by atoms with van der Waals surface area (Å²) in [6, 6.07) is 5.34.